The smallest absolute Gasteiger partial charge is 0.162 e. The predicted molar refractivity (Wildman–Crippen MR) is 95.2 cm³/mol. The van der Waals surface area contributed by atoms with Crippen molar-refractivity contribution in [1.82, 2.24) is 0 Å². The van der Waals surface area contributed by atoms with Crippen LogP contribution in [0.1, 0.15) is 69.1 Å². The molecule has 4 nitrogen and oxygen atoms in total. The van der Waals surface area contributed by atoms with Gasteiger partial charge in [-0.05, 0) is 49.8 Å². The number of carbonyl (C=O) groups is 1. The van der Waals surface area contributed by atoms with Crippen LogP contribution >= 0.6 is 0 Å². The van der Waals surface area contributed by atoms with E-state index in [2.05, 4.69) is 18.6 Å². The van der Waals surface area contributed by atoms with E-state index >= 15 is 0 Å². The summed E-state index contributed by atoms with van der Waals surface area (Å²) in [7, 11) is 0. The van der Waals surface area contributed by atoms with E-state index in [9.17, 15) is 15.0 Å². The quantitative estimate of drug-likeness (QED) is 0.502. The summed E-state index contributed by atoms with van der Waals surface area (Å²) < 4.78 is 0. The van der Waals surface area contributed by atoms with Gasteiger partial charge in [0.2, 0.25) is 0 Å². The van der Waals surface area contributed by atoms with Crippen LogP contribution in [0.5, 0.6) is 11.5 Å². The number of hydrogen-bond acceptors (Lipinski definition) is 4. The Morgan fingerprint density at radius 1 is 1.33 bits per heavy atom. The number of carbonyl (C=O) groups excluding carboxylic acids is 1. The lowest BCUT2D eigenvalue weighted by Crippen LogP contribution is -2.60. The fourth-order valence-electron chi connectivity index (χ4n) is 5.18. The van der Waals surface area contributed by atoms with Gasteiger partial charge < -0.3 is 15.0 Å². The van der Waals surface area contributed by atoms with E-state index in [1.165, 1.54) is 0 Å². The molecule has 3 rings (SSSR count). The maximum atomic E-state index is 12.4. The second-order valence-corrected chi connectivity index (χ2v) is 7.82. The topological polar surface area (TPSA) is 69.9 Å². The first-order chi connectivity index (χ1) is 11.3. The third-order valence-corrected chi connectivity index (χ3v) is 6.51. The van der Waals surface area contributed by atoms with Crippen LogP contribution in [0.2, 0.25) is 0 Å². The van der Waals surface area contributed by atoms with Gasteiger partial charge in [-0.15, -0.1) is 0 Å². The van der Waals surface area contributed by atoms with Gasteiger partial charge >= 0.3 is 0 Å². The van der Waals surface area contributed by atoms with Crippen LogP contribution in [0.25, 0.3) is 0 Å². The number of nitrogens with zero attached hydrogens (tertiary/aromatic N) is 1. The van der Waals surface area contributed by atoms with Gasteiger partial charge in [0.15, 0.2) is 11.5 Å². The molecule has 0 bridgehead atoms. The molecular formula is C20H27NO3. The Balaban J connectivity index is 2.34. The van der Waals surface area contributed by atoms with Gasteiger partial charge in [0.05, 0.1) is 11.0 Å². The highest BCUT2D eigenvalue weighted by atomic mass is 16.3. The Hall–Kier alpha value is -1.84. The molecule has 0 aromatic heterocycles. The van der Waals surface area contributed by atoms with Crippen LogP contribution in [-0.2, 0) is 16.6 Å². The van der Waals surface area contributed by atoms with Gasteiger partial charge in [0, 0.05) is 11.1 Å². The summed E-state index contributed by atoms with van der Waals surface area (Å²) >= 11 is 0. The van der Waals surface area contributed by atoms with Gasteiger partial charge in [0.25, 0.3) is 0 Å². The number of rotatable bonds is 3. The van der Waals surface area contributed by atoms with Crippen LogP contribution in [0.15, 0.2) is 11.1 Å². The number of fused-ring (bicyclic) bond motifs is 3. The molecule has 1 aromatic carbocycles. The number of benzene rings is 1. The molecule has 130 valence electrons. The minimum atomic E-state index is -0.892. The van der Waals surface area contributed by atoms with Gasteiger partial charge in [-0.2, -0.15) is 0 Å². The zero-order chi connectivity index (χ0) is 17.7. The molecule has 0 heterocycles. The molecule has 0 amide bonds. The Kier molecular flexibility index (Phi) is 3.97. The molecule has 0 radical (unpaired) electrons. The Bertz CT molecular complexity index is 697. The van der Waals surface area contributed by atoms with Crippen LogP contribution in [0, 0.1) is 5.92 Å². The van der Waals surface area contributed by atoms with Crippen molar-refractivity contribution >= 4 is 13.0 Å². The maximum absolute atomic E-state index is 12.4. The van der Waals surface area contributed by atoms with E-state index in [-0.39, 0.29) is 23.3 Å². The van der Waals surface area contributed by atoms with Crippen molar-refractivity contribution < 1.29 is 15.0 Å². The van der Waals surface area contributed by atoms with Gasteiger partial charge in [0.1, 0.15) is 6.29 Å². The summed E-state index contributed by atoms with van der Waals surface area (Å²) in [6.45, 7) is 9.91. The summed E-state index contributed by atoms with van der Waals surface area (Å²) in [5, 5.41) is 21.4. The highest BCUT2D eigenvalue weighted by Gasteiger charge is 2.60. The third kappa shape index (κ3) is 1.92. The molecule has 1 aromatic rings. The molecule has 3 atom stereocenters. The molecule has 1 fully saturated rings. The normalized spacial score (nSPS) is 32.1. The lowest BCUT2D eigenvalue weighted by molar-refractivity contribution is -0.118. The highest BCUT2D eigenvalue weighted by Crippen LogP contribution is 2.59. The summed E-state index contributed by atoms with van der Waals surface area (Å²) in [5.74, 6) is 0.0875. The monoisotopic (exact) mass is 329 g/mol. The van der Waals surface area contributed by atoms with E-state index < -0.39 is 11.0 Å². The minimum absolute atomic E-state index is 0.0944. The lowest BCUT2D eigenvalue weighted by atomic mass is 9.50. The van der Waals surface area contributed by atoms with Crippen LogP contribution in [0.3, 0.4) is 0 Å². The molecular weight excluding hydrogens is 302 g/mol. The van der Waals surface area contributed by atoms with E-state index in [0.717, 1.165) is 43.1 Å². The fraction of sp³-hybridized carbons (Fsp3) is 0.600. The van der Waals surface area contributed by atoms with Crippen molar-refractivity contribution in [3.05, 3.63) is 22.8 Å². The number of phenols is 2. The Morgan fingerprint density at radius 2 is 2.04 bits per heavy atom. The van der Waals surface area contributed by atoms with Gasteiger partial charge in [-0.25, -0.2) is 0 Å². The van der Waals surface area contributed by atoms with E-state index in [1.807, 2.05) is 19.9 Å². The number of aryl methyl sites for hydroxylation is 1. The first-order valence-corrected chi connectivity index (χ1v) is 8.87. The average molecular weight is 329 g/mol. The van der Waals surface area contributed by atoms with Crippen molar-refractivity contribution in [2.24, 2.45) is 10.9 Å². The van der Waals surface area contributed by atoms with Crippen LogP contribution in [-0.4, -0.2) is 28.8 Å². The Labute approximate surface area is 143 Å². The second kappa shape index (κ2) is 5.61. The van der Waals surface area contributed by atoms with E-state index in [4.69, 9.17) is 0 Å². The lowest BCUT2D eigenvalue weighted by Gasteiger charge is -2.55. The van der Waals surface area contributed by atoms with E-state index in [0.29, 0.717) is 12.0 Å². The second-order valence-electron chi connectivity index (χ2n) is 7.82. The summed E-state index contributed by atoms with van der Waals surface area (Å²) in [6.07, 6.45) is 5.00. The minimum Gasteiger partial charge on any atom is -0.504 e. The maximum Gasteiger partial charge on any atom is 0.162 e. The third-order valence-electron chi connectivity index (χ3n) is 6.51. The number of aliphatic imine (C=N–C) groups is 1. The molecule has 1 unspecified atom stereocenters. The number of phenolic OH excluding ortho intramolecular Hbond substituents is 2. The van der Waals surface area contributed by atoms with E-state index in [1.54, 1.807) is 0 Å². The Morgan fingerprint density at radius 3 is 2.62 bits per heavy atom. The average Bonchev–Trinajstić information content (AvgIpc) is 2.57. The molecule has 2 aliphatic rings. The summed E-state index contributed by atoms with van der Waals surface area (Å²) in [4.78, 5) is 16.9. The van der Waals surface area contributed by atoms with Crippen molar-refractivity contribution in [2.75, 3.05) is 0 Å². The highest BCUT2D eigenvalue weighted by molar-refractivity contribution is 5.78. The molecule has 1 saturated carbocycles. The fourth-order valence-corrected chi connectivity index (χ4v) is 5.18. The zero-order valence-electron chi connectivity index (χ0n) is 14.8. The molecule has 2 aliphatic carbocycles. The van der Waals surface area contributed by atoms with Crippen LogP contribution < -0.4 is 0 Å². The van der Waals surface area contributed by atoms with Crippen LogP contribution in [0.4, 0.5) is 0 Å². The number of aldehydes is 1. The zero-order valence-corrected chi connectivity index (χ0v) is 14.8. The SMILES string of the molecule is C=N[C@@]12CCc3cc(C(C)C)c(O)c(O)c3C1(C=O)CCC[C@@H]2C. The van der Waals surface area contributed by atoms with Crippen molar-refractivity contribution in [1.29, 1.82) is 0 Å². The molecule has 4 heteroatoms. The van der Waals surface area contributed by atoms with Crippen molar-refractivity contribution in [2.45, 2.75) is 69.7 Å². The van der Waals surface area contributed by atoms with Crippen molar-refractivity contribution in [3.8, 4) is 11.5 Å². The standard InChI is InChI=1S/C20H27NO3/c1-12(2)15-10-14-7-9-20(21-4)13(3)6-5-8-19(20,11-22)16(14)18(24)17(15)23/h10-13,23-24H,4-9H2,1-3H3/t13-,19?,20+/m0/s1. The van der Waals surface area contributed by atoms with Gasteiger partial charge in [-0.3, -0.25) is 4.99 Å². The molecule has 0 saturated heterocycles. The molecule has 24 heavy (non-hydrogen) atoms. The van der Waals surface area contributed by atoms with Gasteiger partial charge in [-0.1, -0.05) is 33.3 Å². The first-order valence-electron chi connectivity index (χ1n) is 8.87. The molecule has 2 N–H and O–H groups in total. The largest absolute Gasteiger partial charge is 0.504 e. The molecule has 0 spiro atoms. The predicted octanol–water partition coefficient (Wildman–Crippen LogP) is 3.86. The number of hydrogen-bond donors (Lipinski definition) is 2. The summed E-state index contributed by atoms with van der Waals surface area (Å²) in [6, 6.07) is 1.96. The molecule has 0 aliphatic heterocycles. The first kappa shape index (κ1) is 17.0. The number of aromatic hydroxyl groups is 2. The summed E-state index contributed by atoms with van der Waals surface area (Å²) in [5.41, 5.74) is 0.801. The van der Waals surface area contributed by atoms with Crippen molar-refractivity contribution in [3.63, 3.8) is 0 Å².